The summed E-state index contributed by atoms with van der Waals surface area (Å²) in [4.78, 5) is 31.3. The van der Waals surface area contributed by atoms with Gasteiger partial charge in [-0.05, 0) is 42.0 Å². The fourth-order valence-electron chi connectivity index (χ4n) is 5.84. The van der Waals surface area contributed by atoms with Crippen LogP contribution in [-0.4, -0.2) is 18.7 Å². The Labute approximate surface area is 200 Å². The van der Waals surface area contributed by atoms with Crippen molar-refractivity contribution >= 4 is 23.1 Å². The zero-order valence-electron chi connectivity index (χ0n) is 20.0. The van der Waals surface area contributed by atoms with Gasteiger partial charge in [-0.3, -0.25) is 14.5 Å². The molecule has 6 heteroatoms. The normalized spacial score (nSPS) is 23.4. The first-order valence-corrected chi connectivity index (χ1v) is 11.6. The summed E-state index contributed by atoms with van der Waals surface area (Å²) in [7, 11) is 1.69. The van der Waals surface area contributed by atoms with E-state index in [4.69, 9.17) is 5.73 Å². The van der Waals surface area contributed by atoms with Crippen molar-refractivity contribution in [2.45, 2.75) is 45.4 Å². The predicted molar refractivity (Wildman–Crippen MR) is 132 cm³/mol. The fourth-order valence-corrected chi connectivity index (χ4v) is 5.84. The van der Waals surface area contributed by atoms with Crippen molar-refractivity contribution in [3.05, 3.63) is 82.3 Å². The zero-order chi connectivity index (χ0) is 24.4. The Hall–Kier alpha value is -3.85. The summed E-state index contributed by atoms with van der Waals surface area (Å²) in [5, 5.41) is 10.4. The highest BCUT2D eigenvalue weighted by Crippen LogP contribution is 2.58. The molecule has 2 aromatic rings. The van der Waals surface area contributed by atoms with Crippen LogP contribution in [0.2, 0.25) is 0 Å². The second-order valence-electron chi connectivity index (χ2n) is 10.1. The lowest BCUT2D eigenvalue weighted by atomic mass is 9.60. The minimum Gasteiger partial charge on any atom is -0.384 e. The molecule has 0 fully saturated rings. The van der Waals surface area contributed by atoms with Crippen LogP contribution >= 0.6 is 0 Å². The Morgan fingerprint density at radius 1 is 1.06 bits per heavy atom. The van der Waals surface area contributed by atoms with Gasteiger partial charge in [-0.25, -0.2) is 0 Å². The summed E-state index contributed by atoms with van der Waals surface area (Å²) in [5.41, 5.74) is 9.43. The first kappa shape index (κ1) is 22.0. The Bertz CT molecular complexity index is 1340. The number of fused-ring (bicyclic) bond motifs is 3. The number of anilines is 2. The second-order valence-corrected chi connectivity index (χ2v) is 10.1. The molecule has 3 aliphatic rings. The highest BCUT2D eigenvalue weighted by atomic mass is 16.2. The van der Waals surface area contributed by atoms with Crippen LogP contribution in [0.3, 0.4) is 0 Å². The number of hydrogen-bond donors (Lipinski definition) is 1. The molecule has 1 amide bonds. The number of likely N-dealkylation sites (N-methyl/N-ethyl adjacent to an activating group) is 1. The molecule has 6 nitrogen and oxygen atoms in total. The van der Waals surface area contributed by atoms with Crippen molar-refractivity contribution in [1.82, 2.24) is 0 Å². The summed E-state index contributed by atoms with van der Waals surface area (Å²) >= 11 is 0. The molecule has 0 aromatic heterocycles. The molecule has 1 aliphatic carbocycles. The molecule has 0 radical (unpaired) electrons. The van der Waals surface area contributed by atoms with Crippen LogP contribution in [0.25, 0.3) is 0 Å². The lowest BCUT2D eigenvalue weighted by Crippen LogP contribution is -2.53. The van der Waals surface area contributed by atoms with E-state index in [2.05, 4.69) is 26.8 Å². The number of carbonyl (C=O) groups excluding carboxylic acids is 2. The highest BCUT2D eigenvalue weighted by Gasteiger charge is 2.62. The number of nitrogens with two attached hydrogens (primary N) is 1. The molecule has 0 unspecified atom stereocenters. The molecule has 0 saturated carbocycles. The third-order valence-electron chi connectivity index (χ3n) is 7.38. The highest BCUT2D eigenvalue weighted by molar-refractivity contribution is 6.20. The molecular formula is C28H28N4O2. The zero-order valence-corrected chi connectivity index (χ0v) is 20.0. The number of carbonyl (C=O) groups is 2. The summed E-state index contributed by atoms with van der Waals surface area (Å²) in [6, 6.07) is 17.6. The number of aryl methyl sites for hydroxylation is 1. The quantitative estimate of drug-likeness (QED) is 0.733. The molecule has 2 aromatic carbocycles. The monoisotopic (exact) mass is 452 g/mol. The number of amides is 1. The first-order valence-electron chi connectivity index (χ1n) is 11.6. The van der Waals surface area contributed by atoms with Crippen molar-refractivity contribution in [2.75, 3.05) is 16.8 Å². The van der Waals surface area contributed by atoms with Crippen molar-refractivity contribution in [1.29, 1.82) is 5.26 Å². The van der Waals surface area contributed by atoms with Crippen molar-refractivity contribution in [3.63, 3.8) is 0 Å². The van der Waals surface area contributed by atoms with Gasteiger partial charge in [0.15, 0.2) is 5.78 Å². The van der Waals surface area contributed by atoms with Crippen molar-refractivity contribution in [3.8, 4) is 6.07 Å². The van der Waals surface area contributed by atoms with Crippen LogP contribution in [0.15, 0.2) is 71.2 Å². The van der Waals surface area contributed by atoms with Crippen LogP contribution in [-0.2, 0) is 21.4 Å². The summed E-state index contributed by atoms with van der Waals surface area (Å²) in [5.74, 6) is -0.218. The summed E-state index contributed by atoms with van der Waals surface area (Å²) in [6.07, 6.45) is 1.76. The van der Waals surface area contributed by atoms with Gasteiger partial charge in [-0.1, -0.05) is 51.1 Å². The van der Waals surface area contributed by atoms with Gasteiger partial charge in [0.2, 0.25) is 5.91 Å². The number of rotatable bonds is 2. The molecule has 0 saturated heterocycles. The van der Waals surface area contributed by atoms with Gasteiger partial charge in [-0.2, -0.15) is 5.26 Å². The number of allylic oxidation sites excluding steroid dienone is 1. The van der Waals surface area contributed by atoms with E-state index in [1.54, 1.807) is 11.9 Å². The molecule has 0 bridgehead atoms. The third-order valence-corrected chi connectivity index (χ3v) is 7.38. The van der Waals surface area contributed by atoms with Gasteiger partial charge in [0, 0.05) is 41.7 Å². The van der Waals surface area contributed by atoms with Gasteiger partial charge < -0.3 is 10.6 Å². The van der Waals surface area contributed by atoms with E-state index < -0.39 is 5.41 Å². The molecule has 34 heavy (non-hydrogen) atoms. The molecule has 1 spiro atoms. The maximum absolute atomic E-state index is 14.0. The van der Waals surface area contributed by atoms with E-state index in [1.165, 1.54) is 5.56 Å². The minimum atomic E-state index is -1.52. The molecule has 172 valence electrons. The maximum atomic E-state index is 14.0. The second kappa shape index (κ2) is 7.33. The van der Waals surface area contributed by atoms with Crippen LogP contribution in [0.1, 0.15) is 44.7 Å². The van der Waals surface area contributed by atoms with E-state index >= 15 is 0 Å². The van der Waals surface area contributed by atoms with Crippen molar-refractivity contribution < 1.29 is 9.59 Å². The predicted octanol–water partition coefficient (Wildman–Crippen LogP) is 4.32. The Morgan fingerprint density at radius 3 is 2.38 bits per heavy atom. The third kappa shape index (κ3) is 2.73. The molecule has 5 rings (SSSR count). The Kier molecular flexibility index (Phi) is 4.73. The van der Waals surface area contributed by atoms with Crippen LogP contribution in [0, 0.1) is 16.7 Å². The van der Waals surface area contributed by atoms with Gasteiger partial charge in [0.25, 0.3) is 0 Å². The van der Waals surface area contributed by atoms with Gasteiger partial charge in [0.05, 0.1) is 5.57 Å². The first-order chi connectivity index (χ1) is 16.2. The standard InChI is InChI=1S/C28H28N4O2/c1-5-17-10-12-18(13-11-17)32-22-14-27(2,3)15-23(33)24(22)28(20(16-29)25(32)30)19-8-6-7-9-21(19)31(4)26(28)34/h6-13H,5,14-15,30H2,1-4H3/t28-/m0/s1. The van der Waals surface area contributed by atoms with E-state index in [9.17, 15) is 14.9 Å². The molecule has 2 aliphatic heterocycles. The maximum Gasteiger partial charge on any atom is 0.247 e. The average Bonchev–Trinajstić information content (AvgIpc) is 3.02. The van der Waals surface area contributed by atoms with E-state index in [0.717, 1.165) is 12.1 Å². The largest absolute Gasteiger partial charge is 0.384 e. The topological polar surface area (TPSA) is 90.4 Å². The number of nitriles is 1. The SMILES string of the molecule is CCc1ccc(N2C(N)=C(C#N)[C@]3(C(=O)N(C)c4ccccc43)C3=C2CC(C)(C)CC3=O)cc1. The fraction of sp³-hybridized carbons (Fsp3) is 0.321. The van der Waals surface area contributed by atoms with Crippen LogP contribution in [0.4, 0.5) is 11.4 Å². The number of benzene rings is 2. The molecule has 1 atom stereocenters. The average molecular weight is 453 g/mol. The van der Waals surface area contributed by atoms with E-state index in [1.807, 2.05) is 53.4 Å². The van der Waals surface area contributed by atoms with Crippen molar-refractivity contribution in [2.24, 2.45) is 11.1 Å². The van der Waals surface area contributed by atoms with Gasteiger partial charge in [-0.15, -0.1) is 0 Å². The number of ketones is 1. The molecule has 2 N–H and O–H groups in total. The lowest BCUT2D eigenvalue weighted by molar-refractivity contribution is -0.124. The van der Waals surface area contributed by atoms with Crippen LogP contribution in [0.5, 0.6) is 0 Å². The van der Waals surface area contributed by atoms with Crippen LogP contribution < -0.4 is 15.5 Å². The van der Waals surface area contributed by atoms with E-state index in [-0.39, 0.29) is 28.5 Å². The number of para-hydroxylation sites is 1. The summed E-state index contributed by atoms with van der Waals surface area (Å²) < 4.78 is 0. The smallest absolute Gasteiger partial charge is 0.247 e. The minimum absolute atomic E-state index is 0.111. The Morgan fingerprint density at radius 2 is 1.74 bits per heavy atom. The number of hydrogen-bond acceptors (Lipinski definition) is 5. The Balaban J connectivity index is 1.88. The van der Waals surface area contributed by atoms with Gasteiger partial charge in [0.1, 0.15) is 17.3 Å². The van der Waals surface area contributed by atoms with E-state index in [0.29, 0.717) is 35.4 Å². The molecular weight excluding hydrogens is 424 g/mol. The summed E-state index contributed by atoms with van der Waals surface area (Å²) in [6.45, 7) is 6.19. The molecule has 2 heterocycles. The number of Topliss-reactive ketones (excluding diaryl/α,β-unsaturated/α-hetero) is 1. The number of nitrogens with zero attached hydrogens (tertiary/aromatic N) is 3. The lowest BCUT2D eigenvalue weighted by Gasteiger charge is -2.47. The van der Waals surface area contributed by atoms with Gasteiger partial charge >= 0.3 is 0 Å².